The molecule has 2 aromatic carbocycles. The van der Waals surface area contributed by atoms with Crippen LogP contribution in [0.25, 0.3) is 0 Å². The first-order chi connectivity index (χ1) is 12.2. The van der Waals surface area contributed by atoms with Crippen LogP contribution in [0.4, 0.5) is 0 Å². The Labute approximate surface area is 148 Å². The zero-order valence-electron chi connectivity index (χ0n) is 14.2. The second kappa shape index (κ2) is 8.65. The molecule has 5 heteroatoms. The maximum atomic E-state index is 12.4. The molecule has 0 bridgehead atoms. The summed E-state index contributed by atoms with van der Waals surface area (Å²) >= 11 is 0. The number of amides is 1. The molecule has 132 valence electrons. The van der Waals surface area contributed by atoms with Crippen molar-refractivity contribution >= 4 is 5.91 Å². The molecule has 3 N–H and O–H groups in total. The Balaban J connectivity index is 1.60. The summed E-state index contributed by atoms with van der Waals surface area (Å²) < 4.78 is 11.2. The van der Waals surface area contributed by atoms with Gasteiger partial charge in [-0.1, -0.05) is 36.4 Å². The summed E-state index contributed by atoms with van der Waals surface area (Å²) in [6, 6.07) is 16.8. The molecule has 3 rings (SSSR count). The Hall–Kier alpha value is -2.37. The third-order valence-electron chi connectivity index (χ3n) is 4.47. The number of carbonyl (C=O) groups excluding carboxylic acids is 1. The van der Waals surface area contributed by atoms with Crippen LogP contribution >= 0.6 is 0 Å². The van der Waals surface area contributed by atoms with Crippen LogP contribution in [0.5, 0.6) is 11.5 Å². The minimum absolute atomic E-state index is 0.124. The van der Waals surface area contributed by atoms with Crippen LogP contribution in [0.15, 0.2) is 54.6 Å². The third kappa shape index (κ3) is 4.81. The van der Waals surface area contributed by atoms with Crippen molar-refractivity contribution < 1.29 is 14.3 Å². The highest BCUT2D eigenvalue weighted by Gasteiger charge is 2.26. The first kappa shape index (κ1) is 17.5. The van der Waals surface area contributed by atoms with E-state index in [4.69, 9.17) is 15.2 Å². The van der Waals surface area contributed by atoms with Gasteiger partial charge in [-0.2, -0.15) is 0 Å². The predicted octanol–water partition coefficient (Wildman–Crippen LogP) is 2.85. The van der Waals surface area contributed by atoms with Crippen LogP contribution in [0.2, 0.25) is 0 Å². The first-order valence-corrected chi connectivity index (χ1v) is 8.66. The number of rotatable bonds is 6. The lowest BCUT2D eigenvalue weighted by molar-refractivity contribution is -0.124. The fraction of sp³-hybridized carbons (Fsp3) is 0.350. The molecule has 1 heterocycles. The second-order valence-corrected chi connectivity index (χ2v) is 6.22. The zero-order valence-corrected chi connectivity index (χ0v) is 14.2. The fourth-order valence-electron chi connectivity index (χ4n) is 2.95. The van der Waals surface area contributed by atoms with E-state index in [0.717, 1.165) is 29.9 Å². The number of ether oxygens (including phenoxy) is 2. The third-order valence-corrected chi connectivity index (χ3v) is 4.47. The first-order valence-electron chi connectivity index (χ1n) is 8.66. The quantitative estimate of drug-likeness (QED) is 0.848. The van der Waals surface area contributed by atoms with Gasteiger partial charge in [0.1, 0.15) is 11.5 Å². The number of hydrogen-bond acceptors (Lipinski definition) is 4. The Morgan fingerprint density at radius 3 is 2.56 bits per heavy atom. The Morgan fingerprint density at radius 1 is 1.12 bits per heavy atom. The van der Waals surface area contributed by atoms with Crippen molar-refractivity contribution in [1.29, 1.82) is 0 Å². The average molecular weight is 340 g/mol. The Bertz CT molecular complexity index is 684. The van der Waals surface area contributed by atoms with Crippen molar-refractivity contribution in [1.82, 2.24) is 5.32 Å². The number of hydrogen-bond donors (Lipinski definition) is 2. The summed E-state index contributed by atoms with van der Waals surface area (Å²) in [5.74, 6) is 1.56. The molecule has 2 aromatic rings. The summed E-state index contributed by atoms with van der Waals surface area (Å²) in [6.45, 7) is 1.75. The van der Waals surface area contributed by atoms with Crippen LogP contribution in [0, 0.1) is 5.92 Å². The van der Waals surface area contributed by atoms with Gasteiger partial charge >= 0.3 is 0 Å². The number of nitrogens with two attached hydrogens (primary N) is 1. The van der Waals surface area contributed by atoms with Crippen LogP contribution < -0.4 is 15.8 Å². The molecular formula is C20H24N2O3. The molecule has 1 saturated heterocycles. The molecule has 0 radical (unpaired) electrons. The van der Waals surface area contributed by atoms with E-state index in [1.807, 2.05) is 54.6 Å². The van der Waals surface area contributed by atoms with Crippen molar-refractivity contribution in [2.75, 3.05) is 13.2 Å². The number of benzene rings is 2. The molecule has 1 aliphatic rings. The van der Waals surface area contributed by atoms with Gasteiger partial charge in [0.25, 0.3) is 0 Å². The van der Waals surface area contributed by atoms with Crippen LogP contribution in [-0.2, 0) is 16.1 Å². The molecule has 0 spiro atoms. The van der Waals surface area contributed by atoms with Crippen molar-refractivity contribution in [3.63, 3.8) is 0 Å². The van der Waals surface area contributed by atoms with Crippen molar-refractivity contribution in [3.05, 3.63) is 60.2 Å². The number of nitrogens with one attached hydrogen (secondary N) is 1. The van der Waals surface area contributed by atoms with E-state index in [9.17, 15) is 4.79 Å². The topological polar surface area (TPSA) is 73.6 Å². The molecule has 1 aliphatic heterocycles. The molecule has 0 aliphatic carbocycles. The SMILES string of the molecule is NC(C(=O)NCc1ccccc1Oc1ccccc1)C1CCOCC1. The molecule has 1 unspecified atom stereocenters. The van der Waals surface area contributed by atoms with Crippen molar-refractivity contribution in [2.45, 2.75) is 25.4 Å². The van der Waals surface area contributed by atoms with Crippen LogP contribution in [0.1, 0.15) is 18.4 Å². The minimum Gasteiger partial charge on any atom is -0.457 e. The molecule has 1 atom stereocenters. The van der Waals surface area contributed by atoms with Gasteiger partial charge in [-0.15, -0.1) is 0 Å². The standard InChI is InChI=1S/C20H24N2O3/c21-19(15-10-12-24-13-11-15)20(23)22-14-16-6-4-5-9-18(16)25-17-7-2-1-3-8-17/h1-9,15,19H,10-14,21H2,(H,22,23). The normalized spacial score (nSPS) is 16.2. The van der Waals surface area contributed by atoms with Gasteiger partial charge in [-0.25, -0.2) is 0 Å². The largest absolute Gasteiger partial charge is 0.457 e. The van der Waals surface area contributed by atoms with Crippen LogP contribution in [-0.4, -0.2) is 25.2 Å². The van der Waals surface area contributed by atoms with E-state index in [-0.39, 0.29) is 11.8 Å². The van der Waals surface area contributed by atoms with Gasteiger partial charge < -0.3 is 20.5 Å². The molecule has 5 nitrogen and oxygen atoms in total. The van der Waals surface area contributed by atoms with Gasteiger partial charge in [0, 0.05) is 25.3 Å². The van der Waals surface area contributed by atoms with E-state index in [1.165, 1.54) is 0 Å². The van der Waals surface area contributed by atoms with Gasteiger partial charge in [-0.05, 0) is 37.0 Å². The molecule has 25 heavy (non-hydrogen) atoms. The summed E-state index contributed by atoms with van der Waals surface area (Å²) in [5, 5.41) is 2.94. The number of carbonyl (C=O) groups is 1. The van der Waals surface area contributed by atoms with Gasteiger partial charge in [0.15, 0.2) is 0 Å². The maximum Gasteiger partial charge on any atom is 0.237 e. The van der Waals surface area contributed by atoms with Gasteiger partial charge in [0.05, 0.1) is 6.04 Å². The molecule has 0 aromatic heterocycles. The van der Waals surface area contributed by atoms with E-state index < -0.39 is 6.04 Å². The highest BCUT2D eigenvalue weighted by atomic mass is 16.5. The minimum atomic E-state index is -0.494. The Kier molecular flexibility index (Phi) is 6.04. The summed E-state index contributed by atoms with van der Waals surface area (Å²) in [6.07, 6.45) is 1.67. The van der Waals surface area contributed by atoms with Crippen LogP contribution in [0.3, 0.4) is 0 Å². The molecular weight excluding hydrogens is 316 g/mol. The maximum absolute atomic E-state index is 12.4. The predicted molar refractivity (Wildman–Crippen MR) is 96.3 cm³/mol. The van der Waals surface area contributed by atoms with Crippen molar-refractivity contribution in [3.8, 4) is 11.5 Å². The number of para-hydroxylation sites is 2. The fourth-order valence-corrected chi connectivity index (χ4v) is 2.95. The summed E-state index contributed by atoms with van der Waals surface area (Å²) in [4.78, 5) is 12.4. The van der Waals surface area contributed by atoms with Gasteiger partial charge in [0.2, 0.25) is 5.91 Å². The molecule has 1 amide bonds. The lowest BCUT2D eigenvalue weighted by Crippen LogP contribution is -2.46. The summed E-state index contributed by atoms with van der Waals surface area (Å²) in [7, 11) is 0. The van der Waals surface area contributed by atoms with Gasteiger partial charge in [-0.3, -0.25) is 4.79 Å². The molecule has 0 saturated carbocycles. The average Bonchev–Trinajstić information content (AvgIpc) is 2.68. The smallest absolute Gasteiger partial charge is 0.237 e. The van der Waals surface area contributed by atoms with Crippen molar-refractivity contribution in [2.24, 2.45) is 11.7 Å². The Morgan fingerprint density at radius 2 is 1.80 bits per heavy atom. The lowest BCUT2D eigenvalue weighted by Gasteiger charge is -2.26. The van der Waals surface area contributed by atoms with E-state index >= 15 is 0 Å². The van der Waals surface area contributed by atoms with E-state index in [0.29, 0.717) is 19.8 Å². The van der Waals surface area contributed by atoms with E-state index in [2.05, 4.69) is 5.32 Å². The lowest BCUT2D eigenvalue weighted by atomic mass is 9.92. The monoisotopic (exact) mass is 340 g/mol. The highest BCUT2D eigenvalue weighted by Crippen LogP contribution is 2.25. The van der Waals surface area contributed by atoms with E-state index in [1.54, 1.807) is 0 Å². The highest BCUT2D eigenvalue weighted by molar-refractivity contribution is 5.81. The molecule has 1 fully saturated rings. The summed E-state index contributed by atoms with van der Waals surface area (Å²) in [5.41, 5.74) is 7.03. The second-order valence-electron chi connectivity index (χ2n) is 6.22. The zero-order chi connectivity index (χ0) is 17.5.